The number of aliphatic carboxylic acids is 1. The Morgan fingerprint density at radius 2 is 2.08 bits per heavy atom. The van der Waals surface area contributed by atoms with Gasteiger partial charge in [-0.3, -0.25) is 9.59 Å². The largest absolute Gasteiger partial charge is 0.481 e. The van der Waals surface area contributed by atoms with Crippen LogP contribution in [0.15, 0.2) is 0 Å². The van der Waals surface area contributed by atoms with Gasteiger partial charge in [0, 0.05) is 13.6 Å². The summed E-state index contributed by atoms with van der Waals surface area (Å²) in [6, 6.07) is 0. The van der Waals surface area contributed by atoms with Crippen LogP contribution in [0.3, 0.4) is 0 Å². The maximum absolute atomic E-state index is 10.6. The molecule has 0 unspecified atom stereocenters. The van der Waals surface area contributed by atoms with Gasteiger partial charge in [-0.25, -0.2) is 0 Å². The Kier molecular flexibility index (Phi) is 3.73. The van der Waals surface area contributed by atoms with Crippen LogP contribution in [0.2, 0.25) is 0 Å². The molecule has 0 aromatic heterocycles. The molecule has 1 amide bonds. The Morgan fingerprint density at radius 1 is 1.58 bits per heavy atom. The fraction of sp³-hybridized carbons (Fsp3) is 0.750. The van der Waals surface area contributed by atoms with Gasteiger partial charge in [-0.2, -0.15) is 0 Å². The van der Waals surface area contributed by atoms with Crippen LogP contribution in [0.1, 0.15) is 20.3 Å². The zero-order valence-corrected chi connectivity index (χ0v) is 7.70. The number of amides is 1. The van der Waals surface area contributed by atoms with Crippen molar-refractivity contribution in [2.24, 2.45) is 5.41 Å². The highest BCUT2D eigenvalue weighted by Crippen LogP contribution is 2.19. The standard InChI is InChI=1S/C8H15NO3/c1-8(2,7(11)12)4-5-9(3)6-10/h6H,4-5H2,1-3H3,(H,11,12). The van der Waals surface area contributed by atoms with E-state index < -0.39 is 11.4 Å². The van der Waals surface area contributed by atoms with E-state index in [1.807, 2.05) is 0 Å². The van der Waals surface area contributed by atoms with Gasteiger partial charge < -0.3 is 10.0 Å². The summed E-state index contributed by atoms with van der Waals surface area (Å²) in [5, 5.41) is 8.72. The zero-order chi connectivity index (χ0) is 9.78. The average molecular weight is 173 g/mol. The van der Waals surface area contributed by atoms with Gasteiger partial charge in [0.15, 0.2) is 0 Å². The summed E-state index contributed by atoms with van der Waals surface area (Å²) in [6.07, 6.45) is 1.16. The van der Waals surface area contributed by atoms with Gasteiger partial charge in [-0.05, 0) is 20.3 Å². The Bertz CT molecular complexity index is 177. The van der Waals surface area contributed by atoms with Crippen molar-refractivity contribution >= 4 is 12.4 Å². The minimum atomic E-state index is -0.832. The number of nitrogens with zero attached hydrogens (tertiary/aromatic N) is 1. The average Bonchev–Trinajstić information content (AvgIpc) is 2.00. The van der Waals surface area contributed by atoms with Gasteiger partial charge in [0.25, 0.3) is 0 Å². The Hall–Kier alpha value is -1.06. The quantitative estimate of drug-likeness (QED) is 0.618. The Balaban J connectivity index is 3.91. The molecule has 4 heteroatoms. The normalized spacial score (nSPS) is 10.9. The van der Waals surface area contributed by atoms with E-state index in [-0.39, 0.29) is 0 Å². The molecule has 0 rings (SSSR count). The number of carboxylic acids is 1. The maximum atomic E-state index is 10.6. The number of carboxylic acid groups (broad SMARTS) is 1. The first-order valence-electron chi connectivity index (χ1n) is 3.79. The Labute approximate surface area is 72.2 Å². The van der Waals surface area contributed by atoms with Crippen molar-refractivity contribution in [3.63, 3.8) is 0 Å². The molecule has 0 saturated carbocycles. The van der Waals surface area contributed by atoms with Crippen LogP contribution in [0.25, 0.3) is 0 Å². The predicted molar refractivity (Wildman–Crippen MR) is 44.7 cm³/mol. The summed E-state index contributed by atoms with van der Waals surface area (Å²) >= 11 is 0. The third kappa shape index (κ3) is 3.37. The number of hydrogen-bond donors (Lipinski definition) is 1. The summed E-state index contributed by atoms with van der Waals surface area (Å²) in [7, 11) is 1.63. The number of carbonyl (C=O) groups is 2. The molecule has 0 fully saturated rings. The van der Waals surface area contributed by atoms with Crippen molar-refractivity contribution in [3.05, 3.63) is 0 Å². The first kappa shape index (κ1) is 10.9. The SMILES string of the molecule is CN(C=O)CCC(C)(C)C(=O)O. The molecule has 12 heavy (non-hydrogen) atoms. The number of hydrogen-bond acceptors (Lipinski definition) is 2. The van der Waals surface area contributed by atoms with Crippen LogP contribution < -0.4 is 0 Å². The van der Waals surface area contributed by atoms with E-state index in [1.54, 1.807) is 20.9 Å². The highest BCUT2D eigenvalue weighted by Gasteiger charge is 2.26. The molecular formula is C8H15NO3. The van der Waals surface area contributed by atoms with Crippen LogP contribution in [0.4, 0.5) is 0 Å². The second-order valence-electron chi connectivity index (χ2n) is 3.53. The van der Waals surface area contributed by atoms with Crippen molar-refractivity contribution in [1.82, 2.24) is 4.90 Å². The monoisotopic (exact) mass is 173 g/mol. The van der Waals surface area contributed by atoms with E-state index in [2.05, 4.69) is 0 Å². The van der Waals surface area contributed by atoms with Crippen molar-refractivity contribution < 1.29 is 14.7 Å². The topological polar surface area (TPSA) is 57.6 Å². The van der Waals surface area contributed by atoms with Crippen LogP contribution in [0, 0.1) is 5.41 Å². The lowest BCUT2D eigenvalue weighted by molar-refractivity contribution is -0.147. The molecule has 0 bridgehead atoms. The molecule has 0 radical (unpaired) electrons. The molecule has 70 valence electrons. The lowest BCUT2D eigenvalue weighted by atomic mass is 9.89. The second-order valence-corrected chi connectivity index (χ2v) is 3.53. The number of rotatable bonds is 5. The molecule has 0 saturated heterocycles. The predicted octanol–water partition coefficient (Wildman–Crippen LogP) is 0.575. The van der Waals surface area contributed by atoms with Crippen LogP contribution in [-0.4, -0.2) is 36.0 Å². The highest BCUT2D eigenvalue weighted by molar-refractivity contribution is 5.73. The van der Waals surface area contributed by atoms with Crippen molar-refractivity contribution in [3.8, 4) is 0 Å². The van der Waals surface area contributed by atoms with E-state index in [9.17, 15) is 9.59 Å². The zero-order valence-electron chi connectivity index (χ0n) is 7.70. The van der Waals surface area contributed by atoms with Crippen LogP contribution in [-0.2, 0) is 9.59 Å². The van der Waals surface area contributed by atoms with Gasteiger partial charge in [-0.1, -0.05) is 0 Å². The molecule has 0 atom stereocenters. The van der Waals surface area contributed by atoms with Crippen molar-refractivity contribution in [2.75, 3.05) is 13.6 Å². The molecule has 0 aliphatic rings. The van der Waals surface area contributed by atoms with Crippen LogP contribution >= 0.6 is 0 Å². The third-order valence-electron chi connectivity index (χ3n) is 1.85. The van der Waals surface area contributed by atoms with E-state index >= 15 is 0 Å². The molecule has 0 aromatic carbocycles. The van der Waals surface area contributed by atoms with E-state index in [0.717, 1.165) is 0 Å². The minimum Gasteiger partial charge on any atom is -0.481 e. The van der Waals surface area contributed by atoms with E-state index in [1.165, 1.54) is 4.90 Å². The molecule has 0 aliphatic carbocycles. The van der Waals surface area contributed by atoms with Gasteiger partial charge in [0.2, 0.25) is 6.41 Å². The van der Waals surface area contributed by atoms with Crippen molar-refractivity contribution in [1.29, 1.82) is 0 Å². The highest BCUT2D eigenvalue weighted by atomic mass is 16.4. The summed E-state index contributed by atoms with van der Waals surface area (Å²) in [5.41, 5.74) is -0.753. The first-order chi connectivity index (χ1) is 5.40. The maximum Gasteiger partial charge on any atom is 0.309 e. The van der Waals surface area contributed by atoms with E-state index in [4.69, 9.17) is 5.11 Å². The number of carbonyl (C=O) groups excluding carboxylic acids is 1. The minimum absolute atomic E-state index is 0.470. The fourth-order valence-corrected chi connectivity index (χ4v) is 0.615. The fourth-order valence-electron chi connectivity index (χ4n) is 0.615. The molecule has 0 heterocycles. The summed E-state index contributed by atoms with van der Waals surface area (Å²) < 4.78 is 0. The lowest BCUT2D eigenvalue weighted by Gasteiger charge is -2.21. The van der Waals surface area contributed by atoms with Gasteiger partial charge in [-0.15, -0.1) is 0 Å². The van der Waals surface area contributed by atoms with Crippen molar-refractivity contribution in [2.45, 2.75) is 20.3 Å². The van der Waals surface area contributed by atoms with E-state index in [0.29, 0.717) is 19.4 Å². The van der Waals surface area contributed by atoms with Gasteiger partial charge in [0.05, 0.1) is 5.41 Å². The summed E-state index contributed by atoms with van der Waals surface area (Å²) in [4.78, 5) is 22.2. The molecule has 0 aromatic rings. The summed E-state index contributed by atoms with van der Waals surface area (Å²) in [6.45, 7) is 3.77. The molecule has 1 N–H and O–H groups in total. The van der Waals surface area contributed by atoms with Crippen LogP contribution in [0.5, 0.6) is 0 Å². The van der Waals surface area contributed by atoms with Gasteiger partial charge in [0.1, 0.15) is 0 Å². The lowest BCUT2D eigenvalue weighted by Crippen LogP contribution is -2.29. The third-order valence-corrected chi connectivity index (χ3v) is 1.85. The molecule has 0 aliphatic heterocycles. The first-order valence-corrected chi connectivity index (χ1v) is 3.79. The Morgan fingerprint density at radius 3 is 2.42 bits per heavy atom. The summed E-state index contributed by atoms with van der Waals surface area (Å²) in [5.74, 6) is -0.832. The molecule has 0 spiro atoms. The van der Waals surface area contributed by atoms with Gasteiger partial charge >= 0.3 is 5.97 Å². The molecule has 4 nitrogen and oxygen atoms in total. The second kappa shape index (κ2) is 4.09. The molecular weight excluding hydrogens is 158 g/mol. The smallest absolute Gasteiger partial charge is 0.309 e.